The summed E-state index contributed by atoms with van der Waals surface area (Å²) in [5.41, 5.74) is 2.06. The van der Waals surface area contributed by atoms with Crippen LogP contribution in [0.15, 0.2) is 12.0 Å². The van der Waals surface area contributed by atoms with Crippen molar-refractivity contribution >= 4 is 6.91 Å². The molecular formula is C11H17BO2. The van der Waals surface area contributed by atoms with Crippen LogP contribution < -0.4 is 9.47 Å². The molecule has 0 fully saturated rings. The summed E-state index contributed by atoms with van der Waals surface area (Å²) in [5.74, 6) is 2.91. The molecule has 3 heteroatoms. The Balaban J connectivity index is 3.00. The first kappa shape index (κ1) is 11.1. The summed E-state index contributed by atoms with van der Waals surface area (Å²) < 4.78 is 11.1. The molecule has 0 aromatic carbocycles. The summed E-state index contributed by atoms with van der Waals surface area (Å²) in [5, 5.41) is 0. The molecule has 0 bridgehead atoms. The summed E-state index contributed by atoms with van der Waals surface area (Å²) in [6, 6.07) is 2.08. The van der Waals surface area contributed by atoms with Crippen molar-refractivity contribution < 1.29 is 9.47 Å². The van der Waals surface area contributed by atoms with Gasteiger partial charge >= 0.3 is 85.8 Å². The van der Waals surface area contributed by atoms with Gasteiger partial charge in [-0.2, -0.15) is 0 Å². The number of rotatable bonds is 5. The molecule has 0 N–H and O–H groups in total. The van der Waals surface area contributed by atoms with Gasteiger partial charge in [0.2, 0.25) is 0 Å². The van der Waals surface area contributed by atoms with Gasteiger partial charge in [0.15, 0.2) is 0 Å². The van der Waals surface area contributed by atoms with Gasteiger partial charge in [0.05, 0.1) is 0 Å². The van der Waals surface area contributed by atoms with Crippen molar-refractivity contribution in [2.24, 2.45) is 0 Å². The summed E-state index contributed by atoms with van der Waals surface area (Å²) in [6.07, 6.45) is 0.968. The van der Waals surface area contributed by atoms with E-state index < -0.39 is 0 Å². The maximum atomic E-state index is 5.59. The predicted molar refractivity (Wildman–Crippen MR) is 59.5 cm³/mol. The summed E-state index contributed by atoms with van der Waals surface area (Å²) in [7, 11) is 0. The van der Waals surface area contributed by atoms with Crippen LogP contribution >= 0.6 is 0 Å². The Morgan fingerprint density at radius 1 is 1.14 bits per heavy atom. The molecule has 0 aliphatic heterocycles. The molecule has 0 atom stereocenters. The van der Waals surface area contributed by atoms with E-state index in [1.807, 2.05) is 26.7 Å². The first-order chi connectivity index (χ1) is 6.83. The Morgan fingerprint density at radius 3 is 2.43 bits per heavy atom. The van der Waals surface area contributed by atoms with Crippen molar-refractivity contribution in [3.8, 4) is 11.4 Å². The van der Waals surface area contributed by atoms with Crippen molar-refractivity contribution in [3.63, 3.8) is 0 Å². The second kappa shape index (κ2) is 5.68. The van der Waals surface area contributed by atoms with E-state index in [1.165, 1.54) is 5.56 Å². The fourth-order valence-corrected chi connectivity index (χ4v) is 1.42. The third kappa shape index (κ3) is 2.50. The second-order valence-electron chi connectivity index (χ2n) is 2.96. The van der Waals surface area contributed by atoms with E-state index >= 15 is 0 Å². The Kier molecular flexibility index (Phi) is 4.50. The van der Waals surface area contributed by atoms with Crippen molar-refractivity contribution in [1.82, 2.24) is 0 Å². The molecule has 1 heterocycles. The van der Waals surface area contributed by atoms with Gasteiger partial charge in [0.1, 0.15) is 0 Å². The van der Waals surface area contributed by atoms with Gasteiger partial charge in [-0.15, -0.1) is 0 Å². The van der Waals surface area contributed by atoms with Crippen LogP contribution in [0.1, 0.15) is 26.3 Å². The number of ether oxygens (including phenoxy) is 2. The number of hydrogen-bond acceptors (Lipinski definition) is 2. The van der Waals surface area contributed by atoms with Crippen molar-refractivity contribution in [1.29, 1.82) is 0 Å². The molecular weight excluding hydrogens is 175 g/mol. The van der Waals surface area contributed by atoms with E-state index in [4.69, 9.17) is 9.47 Å². The summed E-state index contributed by atoms with van der Waals surface area (Å²) in [6.45, 7) is 9.39. The summed E-state index contributed by atoms with van der Waals surface area (Å²) >= 11 is 0. The molecule has 2 nitrogen and oxygen atoms in total. The Hall–Kier alpha value is -0.985. The molecule has 0 unspecified atom stereocenters. The molecule has 0 amide bonds. The Labute approximate surface area is 86.4 Å². The molecule has 0 saturated heterocycles. The molecule has 1 aromatic rings. The van der Waals surface area contributed by atoms with Crippen LogP contribution in [0.25, 0.3) is 0 Å². The zero-order valence-corrected chi connectivity index (χ0v) is 9.17. The Morgan fingerprint density at radius 2 is 1.86 bits per heavy atom. The first-order valence-corrected chi connectivity index (χ1v) is 5.20. The van der Waals surface area contributed by atoms with Crippen molar-refractivity contribution in [3.05, 3.63) is 17.6 Å². The molecule has 0 aliphatic carbocycles. The van der Waals surface area contributed by atoms with E-state index in [1.54, 1.807) is 0 Å². The number of hydrogen-bond donors (Lipinski definition) is 0. The minimum atomic E-state index is 0.674. The minimum absolute atomic E-state index is 0.674. The van der Waals surface area contributed by atoms with Crippen LogP contribution in [0, 0.1) is 0 Å². The maximum absolute atomic E-state index is 5.59. The van der Waals surface area contributed by atoms with Gasteiger partial charge in [-0.25, -0.2) is 0 Å². The second-order valence-corrected chi connectivity index (χ2v) is 2.96. The molecule has 76 valence electrons. The van der Waals surface area contributed by atoms with Crippen molar-refractivity contribution in [2.45, 2.75) is 27.2 Å². The van der Waals surface area contributed by atoms with Gasteiger partial charge in [0.25, 0.3) is 0 Å². The molecule has 14 heavy (non-hydrogen) atoms. The SMILES string of the molecule is CCOc1bccc(CC)c1OCC. The van der Waals surface area contributed by atoms with E-state index in [9.17, 15) is 0 Å². The Bertz CT molecular complexity index is 287. The monoisotopic (exact) mass is 192 g/mol. The molecule has 0 spiro atoms. The van der Waals surface area contributed by atoms with Crippen LogP contribution in [0.5, 0.6) is 11.4 Å². The van der Waals surface area contributed by atoms with Crippen LogP contribution in [-0.2, 0) is 6.42 Å². The predicted octanol–water partition coefficient (Wildman–Crippen LogP) is 2.38. The normalized spacial score (nSPS) is 9.64. The van der Waals surface area contributed by atoms with E-state index in [-0.39, 0.29) is 0 Å². The first-order valence-electron chi connectivity index (χ1n) is 5.20. The molecule has 1 rings (SSSR count). The van der Waals surface area contributed by atoms with Gasteiger partial charge in [0, 0.05) is 0 Å². The average molecular weight is 192 g/mol. The van der Waals surface area contributed by atoms with Crippen LogP contribution in [-0.4, -0.2) is 20.1 Å². The quantitative estimate of drug-likeness (QED) is 0.712. The molecule has 0 radical (unpaired) electrons. The standard InChI is InChI=1S/C11H17BO2/c1-4-9-7-8-12-11(14-6-3)10(9)13-5-2/h7-8H,4-6H2,1-3H3. The third-order valence-electron chi connectivity index (χ3n) is 2.03. The van der Waals surface area contributed by atoms with E-state index in [2.05, 4.69) is 13.0 Å². The zero-order valence-electron chi connectivity index (χ0n) is 9.17. The van der Waals surface area contributed by atoms with Crippen LogP contribution in [0.2, 0.25) is 0 Å². The van der Waals surface area contributed by atoms with Gasteiger partial charge in [-0.1, -0.05) is 0 Å². The van der Waals surface area contributed by atoms with Crippen LogP contribution in [0.4, 0.5) is 0 Å². The summed E-state index contributed by atoms with van der Waals surface area (Å²) in [4.78, 5) is 0. The van der Waals surface area contributed by atoms with E-state index in [0.29, 0.717) is 13.2 Å². The van der Waals surface area contributed by atoms with Crippen molar-refractivity contribution in [2.75, 3.05) is 13.2 Å². The van der Waals surface area contributed by atoms with E-state index in [0.717, 1.165) is 17.8 Å². The third-order valence-corrected chi connectivity index (χ3v) is 2.03. The van der Waals surface area contributed by atoms with Gasteiger partial charge < -0.3 is 0 Å². The molecule has 0 aliphatic rings. The molecule has 1 aromatic heterocycles. The number of aryl methyl sites for hydroxylation is 1. The zero-order chi connectivity index (χ0) is 10.4. The fourth-order valence-electron chi connectivity index (χ4n) is 1.42. The van der Waals surface area contributed by atoms with Gasteiger partial charge in [-0.3, -0.25) is 0 Å². The van der Waals surface area contributed by atoms with Crippen LogP contribution in [0.3, 0.4) is 0 Å². The average Bonchev–Trinajstić information content (AvgIpc) is 2.21. The fraction of sp³-hybridized carbons (Fsp3) is 0.545. The topological polar surface area (TPSA) is 18.5 Å². The van der Waals surface area contributed by atoms with Gasteiger partial charge in [-0.05, 0) is 0 Å². The molecule has 0 saturated carbocycles.